The SMILES string of the molecule is CCOC1=N/C=C\C=C(\C#N)c2nc(OCC)c(C#N)cc21. The fourth-order valence-electron chi connectivity index (χ4n) is 1.93. The highest BCUT2D eigenvalue weighted by Gasteiger charge is 2.21. The van der Waals surface area contributed by atoms with Crippen LogP contribution in [-0.2, 0) is 4.74 Å². The summed E-state index contributed by atoms with van der Waals surface area (Å²) in [5, 5.41) is 18.6. The van der Waals surface area contributed by atoms with Gasteiger partial charge in [0.05, 0.1) is 30.0 Å². The quantitative estimate of drug-likeness (QED) is 0.854. The number of nitriles is 2. The average molecular weight is 294 g/mol. The fourth-order valence-corrected chi connectivity index (χ4v) is 1.93. The highest BCUT2D eigenvalue weighted by Crippen LogP contribution is 2.26. The largest absolute Gasteiger partial charge is 0.477 e. The Bertz CT molecular complexity index is 749. The van der Waals surface area contributed by atoms with E-state index in [1.165, 1.54) is 6.20 Å². The lowest BCUT2D eigenvalue weighted by Gasteiger charge is -2.14. The van der Waals surface area contributed by atoms with Crippen LogP contribution in [-0.4, -0.2) is 24.1 Å². The third-order valence-electron chi connectivity index (χ3n) is 2.82. The maximum Gasteiger partial charge on any atom is 0.232 e. The summed E-state index contributed by atoms with van der Waals surface area (Å²) < 4.78 is 10.9. The molecule has 0 aromatic carbocycles. The molecule has 0 atom stereocenters. The van der Waals surface area contributed by atoms with Gasteiger partial charge in [0.1, 0.15) is 17.7 Å². The molecule has 0 aliphatic carbocycles. The topological polar surface area (TPSA) is 91.3 Å². The van der Waals surface area contributed by atoms with Crippen LogP contribution in [0.25, 0.3) is 5.57 Å². The van der Waals surface area contributed by atoms with E-state index in [4.69, 9.17) is 9.47 Å². The number of aromatic nitrogens is 1. The first-order chi connectivity index (χ1) is 10.7. The second-order valence-corrected chi connectivity index (χ2v) is 4.18. The maximum absolute atomic E-state index is 9.34. The molecule has 0 spiro atoms. The van der Waals surface area contributed by atoms with Crippen molar-refractivity contribution >= 4 is 11.5 Å². The summed E-state index contributed by atoms with van der Waals surface area (Å²) in [6.45, 7) is 4.42. The molecule has 0 fully saturated rings. The summed E-state index contributed by atoms with van der Waals surface area (Å²) in [6.07, 6.45) is 4.79. The molecule has 0 amide bonds. The minimum absolute atomic E-state index is 0.199. The van der Waals surface area contributed by atoms with Crippen molar-refractivity contribution in [1.82, 2.24) is 4.98 Å². The second kappa shape index (κ2) is 7.05. The lowest BCUT2D eigenvalue weighted by molar-refractivity contribution is 0.323. The van der Waals surface area contributed by atoms with E-state index in [9.17, 15) is 10.5 Å². The van der Waals surface area contributed by atoms with Crippen molar-refractivity contribution in [1.29, 1.82) is 10.5 Å². The van der Waals surface area contributed by atoms with E-state index in [1.807, 2.05) is 13.0 Å². The first-order valence-electron chi connectivity index (χ1n) is 6.81. The first kappa shape index (κ1) is 15.3. The summed E-state index contributed by atoms with van der Waals surface area (Å²) in [4.78, 5) is 8.53. The van der Waals surface area contributed by atoms with Crippen molar-refractivity contribution < 1.29 is 9.47 Å². The molecule has 0 unspecified atom stereocenters. The maximum atomic E-state index is 9.34. The van der Waals surface area contributed by atoms with Gasteiger partial charge in [0.25, 0.3) is 0 Å². The van der Waals surface area contributed by atoms with Crippen LogP contribution in [0.2, 0.25) is 0 Å². The predicted molar refractivity (Wildman–Crippen MR) is 81.0 cm³/mol. The Morgan fingerprint density at radius 1 is 1.14 bits per heavy atom. The predicted octanol–water partition coefficient (Wildman–Crippen LogP) is 2.57. The number of allylic oxidation sites excluding steroid dienone is 3. The molecule has 0 bridgehead atoms. The zero-order valence-electron chi connectivity index (χ0n) is 12.3. The van der Waals surface area contributed by atoms with E-state index in [2.05, 4.69) is 16.0 Å². The van der Waals surface area contributed by atoms with Gasteiger partial charge in [0.15, 0.2) is 0 Å². The zero-order valence-corrected chi connectivity index (χ0v) is 12.3. The number of hydrogen-bond donors (Lipinski definition) is 0. The Morgan fingerprint density at radius 2 is 1.91 bits per heavy atom. The Hall–Kier alpha value is -3.12. The van der Waals surface area contributed by atoms with Crippen LogP contribution in [0.3, 0.4) is 0 Å². The van der Waals surface area contributed by atoms with Gasteiger partial charge in [0, 0.05) is 6.20 Å². The van der Waals surface area contributed by atoms with Crippen LogP contribution in [0, 0.1) is 22.7 Å². The summed E-state index contributed by atoms with van der Waals surface area (Å²) in [5.74, 6) is 0.520. The summed E-state index contributed by atoms with van der Waals surface area (Å²) in [7, 11) is 0. The smallest absolute Gasteiger partial charge is 0.232 e. The standard InChI is InChI=1S/C16H14N4O2/c1-3-21-15-12(10-18)8-13-14(20-15)11(9-17)6-5-7-19-16(13)22-4-2/h5-8H,3-4H2,1-2H3/b6-5?,7-5-,11-6-,14-11?,16-13?,19-7?,19-16?. The lowest BCUT2D eigenvalue weighted by atomic mass is 10.0. The number of fused-ring (bicyclic) bond motifs is 1. The lowest BCUT2D eigenvalue weighted by Crippen LogP contribution is -2.13. The third kappa shape index (κ3) is 2.97. The fraction of sp³-hybridized carbons (Fsp3) is 0.250. The van der Waals surface area contributed by atoms with Crippen molar-refractivity contribution in [3.8, 4) is 18.0 Å². The van der Waals surface area contributed by atoms with Crippen LogP contribution in [0.4, 0.5) is 0 Å². The molecular formula is C16H14N4O2. The van der Waals surface area contributed by atoms with E-state index in [0.717, 1.165) is 0 Å². The number of aliphatic imine (C=N–C) groups is 1. The molecule has 2 heterocycles. The van der Waals surface area contributed by atoms with Crippen molar-refractivity contribution in [3.05, 3.63) is 41.2 Å². The molecule has 0 saturated heterocycles. The summed E-state index contributed by atoms with van der Waals surface area (Å²) in [5.41, 5.74) is 1.51. The number of hydrogen-bond acceptors (Lipinski definition) is 6. The molecule has 0 N–H and O–H groups in total. The van der Waals surface area contributed by atoms with Gasteiger partial charge in [-0.3, -0.25) is 0 Å². The van der Waals surface area contributed by atoms with Gasteiger partial charge in [-0.15, -0.1) is 0 Å². The molecule has 1 aliphatic rings. The Morgan fingerprint density at radius 3 is 2.55 bits per heavy atom. The molecule has 110 valence electrons. The van der Waals surface area contributed by atoms with Gasteiger partial charge in [-0.2, -0.15) is 10.5 Å². The van der Waals surface area contributed by atoms with Crippen LogP contribution >= 0.6 is 0 Å². The van der Waals surface area contributed by atoms with E-state index < -0.39 is 0 Å². The average Bonchev–Trinajstić information content (AvgIpc) is 2.52. The van der Waals surface area contributed by atoms with Crippen molar-refractivity contribution in [2.75, 3.05) is 13.2 Å². The van der Waals surface area contributed by atoms with Gasteiger partial charge >= 0.3 is 0 Å². The number of nitrogens with zero attached hydrogens (tertiary/aromatic N) is 4. The molecule has 6 nitrogen and oxygen atoms in total. The zero-order chi connectivity index (χ0) is 15.9. The van der Waals surface area contributed by atoms with Crippen LogP contribution in [0.15, 0.2) is 29.4 Å². The monoisotopic (exact) mass is 294 g/mol. The van der Waals surface area contributed by atoms with Crippen LogP contribution < -0.4 is 4.74 Å². The molecule has 1 aliphatic heterocycles. The summed E-state index contributed by atoms with van der Waals surface area (Å²) in [6, 6.07) is 5.73. The minimum atomic E-state index is 0.199. The van der Waals surface area contributed by atoms with Gasteiger partial charge < -0.3 is 9.47 Å². The number of rotatable bonds is 3. The van der Waals surface area contributed by atoms with Crippen LogP contribution in [0.5, 0.6) is 5.88 Å². The molecule has 1 aromatic rings. The minimum Gasteiger partial charge on any atom is -0.477 e. The van der Waals surface area contributed by atoms with Gasteiger partial charge in [-0.05, 0) is 32.1 Å². The van der Waals surface area contributed by atoms with E-state index >= 15 is 0 Å². The van der Waals surface area contributed by atoms with E-state index in [-0.39, 0.29) is 11.4 Å². The molecule has 6 heteroatoms. The Labute approximate surface area is 128 Å². The number of pyridine rings is 1. The second-order valence-electron chi connectivity index (χ2n) is 4.18. The molecule has 22 heavy (non-hydrogen) atoms. The summed E-state index contributed by atoms with van der Waals surface area (Å²) >= 11 is 0. The molecular weight excluding hydrogens is 280 g/mol. The molecule has 0 saturated carbocycles. The highest BCUT2D eigenvalue weighted by atomic mass is 16.5. The number of ether oxygens (including phenoxy) is 2. The molecule has 0 radical (unpaired) electrons. The van der Waals surface area contributed by atoms with Gasteiger partial charge in [-0.1, -0.05) is 0 Å². The van der Waals surface area contributed by atoms with Crippen molar-refractivity contribution in [3.63, 3.8) is 0 Å². The van der Waals surface area contributed by atoms with Crippen LogP contribution in [0.1, 0.15) is 30.7 Å². The van der Waals surface area contributed by atoms with E-state index in [0.29, 0.717) is 35.9 Å². The Kier molecular flexibility index (Phi) is 4.89. The molecule has 2 rings (SSSR count). The first-order valence-corrected chi connectivity index (χ1v) is 6.81. The molecule has 1 aromatic heterocycles. The van der Waals surface area contributed by atoms with Crippen molar-refractivity contribution in [2.45, 2.75) is 13.8 Å². The van der Waals surface area contributed by atoms with Crippen molar-refractivity contribution in [2.24, 2.45) is 4.99 Å². The van der Waals surface area contributed by atoms with E-state index in [1.54, 1.807) is 25.1 Å². The van der Waals surface area contributed by atoms with Gasteiger partial charge in [0.2, 0.25) is 11.8 Å². The normalized spacial score (nSPS) is 16.5. The van der Waals surface area contributed by atoms with Gasteiger partial charge in [-0.25, -0.2) is 9.98 Å². The third-order valence-corrected chi connectivity index (χ3v) is 2.82. The Balaban J connectivity index is 2.72. The highest BCUT2D eigenvalue weighted by molar-refractivity contribution is 6.01.